The number of carbonyl (C=O) groups is 2. The van der Waals surface area contributed by atoms with Gasteiger partial charge in [-0.2, -0.15) is 5.10 Å². The number of hydrogen-bond donors (Lipinski definition) is 2. The van der Waals surface area contributed by atoms with Gasteiger partial charge in [-0.15, -0.1) is 0 Å². The Kier molecular flexibility index (Phi) is 8.89. The van der Waals surface area contributed by atoms with Gasteiger partial charge in [0.05, 0.1) is 24.9 Å². The van der Waals surface area contributed by atoms with Crippen LogP contribution in [0.3, 0.4) is 0 Å². The van der Waals surface area contributed by atoms with Crippen LogP contribution in [0.4, 0.5) is 0 Å². The predicted molar refractivity (Wildman–Crippen MR) is 119 cm³/mol. The second-order valence-electron chi connectivity index (χ2n) is 5.95. The normalized spacial score (nSPS) is 10.4. The minimum absolute atomic E-state index is 0.292. The maximum Gasteiger partial charge on any atom is 0.271 e. The first kappa shape index (κ1) is 23.7. The van der Waals surface area contributed by atoms with Crippen molar-refractivity contribution < 1.29 is 28.5 Å². The van der Waals surface area contributed by atoms with Crippen molar-refractivity contribution in [3.63, 3.8) is 0 Å². The van der Waals surface area contributed by atoms with E-state index in [2.05, 4.69) is 33.0 Å². The summed E-state index contributed by atoms with van der Waals surface area (Å²) in [5.41, 5.74) is 8.50. The Balaban J connectivity index is 2.11. The molecule has 0 aromatic heterocycles. The summed E-state index contributed by atoms with van der Waals surface area (Å²) < 4.78 is 21.9. The van der Waals surface area contributed by atoms with Gasteiger partial charge in [-0.25, -0.2) is 5.43 Å². The Labute approximate surface area is 187 Å². The molecular weight excluding hydrogens is 470 g/mol. The third-order valence-corrected chi connectivity index (χ3v) is 4.36. The second kappa shape index (κ2) is 11.6. The van der Waals surface area contributed by atoms with E-state index in [1.807, 2.05) is 0 Å². The average molecular weight is 492 g/mol. The van der Waals surface area contributed by atoms with Gasteiger partial charge in [-0.3, -0.25) is 9.59 Å². The summed E-state index contributed by atoms with van der Waals surface area (Å²) >= 11 is 3.35. The first-order valence-electron chi connectivity index (χ1n) is 8.93. The third kappa shape index (κ3) is 6.75. The van der Waals surface area contributed by atoms with E-state index in [0.29, 0.717) is 45.2 Å². The maximum atomic E-state index is 12.4. The number of carbonyl (C=O) groups excluding carboxylic acids is 2. The minimum Gasteiger partial charge on any atom is -0.493 e. The smallest absolute Gasteiger partial charge is 0.271 e. The van der Waals surface area contributed by atoms with Crippen molar-refractivity contribution in [2.75, 3.05) is 27.4 Å². The third-order valence-electron chi connectivity index (χ3n) is 3.77. The van der Waals surface area contributed by atoms with E-state index in [0.717, 1.165) is 0 Å². The van der Waals surface area contributed by atoms with E-state index in [9.17, 15) is 9.59 Å². The topological polar surface area (TPSA) is 121 Å². The first-order valence-corrected chi connectivity index (χ1v) is 9.72. The summed E-state index contributed by atoms with van der Waals surface area (Å²) in [6, 6.07) is 8.09. The monoisotopic (exact) mass is 491 g/mol. The molecule has 0 heterocycles. The van der Waals surface area contributed by atoms with Crippen molar-refractivity contribution in [1.29, 1.82) is 0 Å². The number of amides is 2. The Morgan fingerprint density at radius 2 is 1.87 bits per heavy atom. The molecule has 0 radical (unpaired) electrons. The largest absolute Gasteiger partial charge is 0.493 e. The lowest BCUT2D eigenvalue weighted by Gasteiger charge is -2.12. The number of methoxy groups -OCH3 is 2. The Morgan fingerprint density at radius 3 is 2.52 bits per heavy atom. The van der Waals surface area contributed by atoms with Gasteiger partial charge in [-0.1, -0.05) is 12.7 Å². The highest BCUT2D eigenvalue weighted by atomic mass is 79.9. The molecule has 0 bridgehead atoms. The fourth-order valence-electron chi connectivity index (χ4n) is 2.40. The van der Waals surface area contributed by atoms with Crippen molar-refractivity contribution >= 4 is 34.0 Å². The highest BCUT2D eigenvalue weighted by molar-refractivity contribution is 9.10. The lowest BCUT2D eigenvalue weighted by molar-refractivity contribution is -0.119. The fourth-order valence-corrected chi connectivity index (χ4v) is 2.98. The van der Waals surface area contributed by atoms with Crippen LogP contribution in [0.25, 0.3) is 0 Å². The van der Waals surface area contributed by atoms with Crippen molar-refractivity contribution in [2.45, 2.75) is 0 Å². The zero-order valence-electron chi connectivity index (χ0n) is 17.0. The summed E-state index contributed by atoms with van der Waals surface area (Å²) in [7, 11) is 2.94. The number of nitrogens with one attached hydrogen (secondary N) is 1. The zero-order chi connectivity index (χ0) is 22.8. The molecule has 31 heavy (non-hydrogen) atoms. The molecule has 10 heteroatoms. The van der Waals surface area contributed by atoms with Crippen LogP contribution < -0.4 is 30.1 Å². The van der Waals surface area contributed by atoms with Gasteiger partial charge in [0.1, 0.15) is 6.61 Å². The van der Waals surface area contributed by atoms with E-state index in [1.165, 1.54) is 20.4 Å². The van der Waals surface area contributed by atoms with Crippen molar-refractivity contribution in [2.24, 2.45) is 10.8 Å². The summed E-state index contributed by atoms with van der Waals surface area (Å²) in [5, 5.41) is 3.96. The molecule has 2 amide bonds. The summed E-state index contributed by atoms with van der Waals surface area (Å²) in [6.07, 6.45) is 3.04. The molecule has 0 fully saturated rings. The quantitative estimate of drug-likeness (QED) is 0.283. The number of ether oxygens (including phenoxy) is 4. The molecule has 0 saturated heterocycles. The summed E-state index contributed by atoms with van der Waals surface area (Å²) in [6.45, 7) is 3.62. The lowest BCUT2D eigenvalue weighted by Crippen LogP contribution is -2.20. The zero-order valence-corrected chi connectivity index (χ0v) is 18.6. The average Bonchev–Trinajstić information content (AvgIpc) is 2.76. The number of halogens is 1. The predicted octanol–water partition coefficient (Wildman–Crippen LogP) is 2.66. The van der Waals surface area contributed by atoms with Crippen LogP contribution in [0.5, 0.6) is 23.0 Å². The van der Waals surface area contributed by atoms with Crippen LogP contribution in [0.15, 0.2) is 52.6 Å². The van der Waals surface area contributed by atoms with E-state index in [1.54, 1.807) is 36.4 Å². The van der Waals surface area contributed by atoms with Gasteiger partial charge in [0.2, 0.25) is 0 Å². The van der Waals surface area contributed by atoms with Gasteiger partial charge in [0, 0.05) is 5.56 Å². The molecule has 0 unspecified atom stereocenters. The number of benzene rings is 2. The highest BCUT2D eigenvalue weighted by Gasteiger charge is 2.13. The number of nitrogens with two attached hydrogens (primary N) is 1. The van der Waals surface area contributed by atoms with Crippen LogP contribution in [-0.2, 0) is 4.79 Å². The number of primary amides is 1. The molecule has 0 saturated carbocycles. The summed E-state index contributed by atoms with van der Waals surface area (Å²) in [4.78, 5) is 23.3. The standard InChI is InChI=1S/C21H22BrN3O6/c1-4-7-30-16-6-5-14(10-17(16)28-2)21(27)25-24-11-13-8-15(22)20(18(9-13)29-3)31-12-19(23)26/h4-6,8-11H,1,7,12H2,2-3H3,(H2,23,26)(H,25,27)/b24-11+. The van der Waals surface area contributed by atoms with Gasteiger partial charge in [-0.05, 0) is 51.8 Å². The molecule has 0 spiro atoms. The van der Waals surface area contributed by atoms with E-state index in [-0.39, 0.29) is 6.61 Å². The molecule has 2 aromatic rings. The molecule has 0 aliphatic carbocycles. The SMILES string of the molecule is C=CCOc1ccc(C(=O)N/N=C/c2cc(Br)c(OCC(N)=O)c(OC)c2)cc1OC. The number of hydrogen-bond acceptors (Lipinski definition) is 7. The second-order valence-corrected chi connectivity index (χ2v) is 6.81. The van der Waals surface area contributed by atoms with Crippen molar-refractivity contribution in [3.8, 4) is 23.0 Å². The molecule has 2 rings (SSSR count). The molecule has 0 aliphatic heterocycles. The lowest BCUT2D eigenvalue weighted by atomic mass is 10.2. The molecule has 0 aliphatic rings. The maximum absolute atomic E-state index is 12.4. The van der Waals surface area contributed by atoms with E-state index in [4.69, 9.17) is 24.7 Å². The van der Waals surface area contributed by atoms with Crippen LogP contribution >= 0.6 is 15.9 Å². The Morgan fingerprint density at radius 1 is 1.13 bits per heavy atom. The van der Waals surface area contributed by atoms with Gasteiger partial charge in [0.25, 0.3) is 11.8 Å². The van der Waals surface area contributed by atoms with Crippen LogP contribution in [-0.4, -0.2) is 45.5 Å². The van der Waals surface area contributed by atoms with Gasteiger partial charge in [0.15, 0.2) is 29.6 Å². The Hall–Kier alpha value is -3.53. The number of hydrazone groups is 1. The fraction of sp³-hybridized carbons (Fsp3) is 0.190. The van der Waals surface area contributed by atoms with Crippen molar-refractivity contribution in [3.05, 3.63) is 58.6 Å². The van der Waals surface area contributed by atoms with E-state index < -0.39 is 11.8 Å². The summed E-state index contributed by atoms with van der Waals surface area (Å²) in [5.74, 6) is 0.560. The molecular formula is C21H22BrN3O6. The molecule has 0 atom stereocenters. The molecule has 2 aromatic carbocycles. The molecule has 3 N–H and O–H groups in total. The minimum atomic E-state index is -0.612. The van der Waals surface area contributed by atoms with Crippen LogP contribution in [0.1, 0.15) is 15.9 Å². The van der Waals surface area contributed by atoms with Gasteiger partial charge < -0.3 is 24.7 Å². The highest BCUT2D eigenvalue weighted by Crippen LogP contribution is 2.36. The van der Waals surface area contributed by atoms with Crippen LogP contribution in [0, 0.1) is 0 Å². The number of rotatable bonds is 11. The van der Waals surface area contributed by atoms with E-state index >= 15 is 0 Å². The van der Waals surface area contributed by atoms with Crippen LogP contribution in [0.2, 0.25) is 0 Å². The molecule has 9 nitrogen and oxygen atoms in total. The molecule has 164 valence electrons. The first-order chi connectivity index (χ1) is 14.9. The number of nitrogens with zero attached hydrogens (tertiary/aromatic N) is 1. The van der Waals surface area contributed by atoms with Crippen molar-refractivity contribution in [1.82, 2.24) is 5.43 Å². The Bertz CT molecular complexity index is 993. The van der Waals surface area contributed by atoms with Gasteiger partial charge >= 0.3 is 0 Å².